The van der Waals surface area contributed by atoms with Crippen LogP contribution in [0, 0.1) is 13.8 Å². The molecule has 0 spiro atoms. The van der Waals surface area contributed by atoms with Gasteiger partial charge in [0, 0.05) is 19.8 Å². The van der Waals surface area contributed by atoms with Gasteiger partial charge in [0.1, 0.15) is 4.90 Å². The first-order valence-electron chi connectivity index (χ1n) is 9.37. The summed E-state index contributed by atoms with van der Waals surface area (Å²) in [5.41, 5.74) is 3.96. The molecule has 0 aliphatic heterocycles. The Morgan fingerprint density at radius 3 is 2.23 bits per heavy atom. The van der Waals surface area contributed by atoms with Crippen molar-refractivity contribution >= 4 is 44.8 Å². The van der Waals surface area contributed by atoms with Gasteiger partial charge in [-0.1, -0.05) is 25.1 Å². The second-order valence-corrected chi connectivity index (χ2v) is 9.68. The van der Waals surface area contributed by atoms with Crippen molar-refractivity contribution in [2.45, 2.75) is 32.1 Å². The normalized spacial score (nSPS) is 11.7. The average molecular weight is 448 g/mol. The van der Waals surface area contributed by atoms with Crippen LogP contribution >= 0.6 is 11.7 Å². The monoisotopic (exact) mass is 447 g/mol. The third kappa shape index (κ3) is 4.11. The van der Waals surface area contributed by atoms with E-state index < -0.39 is 10.0 Å². The van der Waals surface area contributed by atoms with Gasteiger partial charge in [-0.2, -0.15) is 8.75 Å². The average Bonchev–Trinajstić information content (AvgIpc) is 3.11. The molecule has 0 fully saturated rings. The second kappa shape index (κ2) is 8.58. The summed E-state index contributed by atoms with van der Waals surface area (Å²) < 4.78 is 34.9. The van der Waals surface area contributed by atoms with Gasteiger partial charge >= 0.3 is 0 Å². The van der Waals surface area contributed by atoms with Gasteiger partial charge < -0.3 is 15.7 Å². The van der Waals surface area contributed by atoms with Crippen molar-refractivity contribution in [3.63, 3.8) is 0 Å². The lowest BCUT2D eigenvalue weighted by molar-refractivity contribution is 0.453. The third-order valence-electron chi connectivity index (χ3n) is 4.83. The number of aromatic nitrogens is 2. The summed E-state index contributed by atoms with van der Waals surface area (Å²) in [6.45, 7) is 5.78. The maximum Gasteiger partial charge on any atom is 0.246 e. The number of aromatic hydroxyl groups is 1. The number of hydrogen-bond donors (Lipinski definition) is 3. The molecular weight excluding hydrogens is 422 g/mol. The first-order chi connectivity index (χ1) is 14.2. The van der Waals surface area contributed by atoms with E-state index in [9.17, 15) is 13.5 Å². The smallest absolute Gasteiger partial charge is 0.246 e. The standard InChI is InChI=1S/C20H25N5O3S2/c1-6-14-12(2)8-7-9-15(14)21-19-20(24-29-23-19)22-16-11-10-13(3)18(17(16)26)30(27,28)25(4)5/h7-11,26H,6H2,1-5H3,(H,21,23)(H,22,24). The molecule has 1 aromatic heterocycles. The van der Waals surface area contributed by atoms with Gasteiger partial charge in [0.15, 0.2) is 17.4 Å². The fourth-order valence-electron chi connectivity index (χ4n) is 3.18. The van der Waals surface area contributed by atoms with E-state index in [-0.39, 0.29) is 16.3 Å². The summed E-state index contributed by atoms with van der Waals surface area (Å²) in [6.07, 6.45) is 0.861. The number of hydrogen-bond acceptors (Lipinski definition) is 8. The highest BCUT2D eigenvalue weighted by Crippen LogP contribution is 2.38. The van der Waals surface area contributed by atoms with Crippen molar-refractivity contribution in [3.8, 4) is 5.75 Å². The number of rotatable bonds is 7. The predicted molar refractivity (Wildman–Crippen MR) is 121 cm³/mol. The number of sulfonamides is 1. The van der Waals surface area contributed by atoms with E-state index in [1.165, 1.54) is 25.2 Å². The van der Waals surface area contributed by atoms with E-state index >= 15 is 0 Å². The lowest BCUT2D eigenvalue weighted by Crippen LogP contribution is -2.23. The fraction of sp³-hybridized carbons (Fsp3) is 0.300. The highest BCUT2D eigenvalue weighted by atomic mass is 32.2. The molecule has 0 bridgehead atoms. The lowest BCUT2D eigenvalue weighted by Gasteiger charge is -2.17. The van der Waals surface area contributed by atoms with Gasteiger partial charge in [-0.15, -0.1) is 0 Å². The zero-order valence-electron chi connectivity index (χ0n) is 17.5. The fourth-order valence-corrected chi connectivity index (χ4v) is 4.84. The van der Waals surface area contributed by atoms with Gasteiger partial charge in [-0.3, -0.25) is 0 Å². The zero-order chi connectivity index (χ0) is 22.1. The molecule has 0 saturated heterocycles. The minimum atomic E-state index is -3.82. The lowest BCUT2D eigenvalue weighted by atomic mass is 10.0. The number of phenolic OH excluding ortho intramolecular Hbond substituents is 1. The minimum absolute atomic E-state index is 0.137. The molecule has 160 valence electrons. The summed E-state index contributed by atoms with van der Waals surface area (Å²) >= 11 is 1.01. The van der Waals surface area contributed by atoms with Crippen LogP contribution in [-0.4, -0.2) is 40.7 Å². The Bertz CT molecular complexity index is 1170. The van der Waals surface area contributed by atoms with Gasteiger partial charge in [0.25, 0.3) is 0 Å². The topological polar surface area (TPSA) is 107 Å². The molecule has 0 aliphatic carbocycles. The Morgan fingerprint density at radius 1 is 1.00 bits per heavy atom. The summed E-state index contributed by atoms with van der Waals surface area (Å²) in [4.78, 5) is -0.137. The summed E-state index contributed by atoms with van der Waals surface area (Å²) in [6, 6.07) is 9.25. The van der Waals surface area contributed by atoms with E-state index in [0.29, 0.717) is 17.2 Å². The molecule has 0 aliphatic rings. The molecule has 30 heavy (non-hydrogen) atoms. The van der Waals surface area contributed by atoms with Crippen molar-refractivity contribution in [1.82, 2.24) is 13.1 Å². The molecular formula is C20H25N5O3S2. The molecule has 0 atom stereocenters. The van der Waals surface area contributed by atoms with Crippen LogP contribution in [0.2, 0.25) is 0 Å². The molecule has 0 radical (unpaired) electrons. The van der Waals surface area contributed by atoms with Gasteiger partial charge in [0.05, 0.1) is 17.4 Å². The van der Waals surface area contributed by atoms with E-state index in [0.717, 1.165) is 28.1 Å². The predicted octanol–water partition coefficient (Wildman–Crippen LogP) is 4.16. The Morgan fingerprint density at radius 2 is 1.63 bits per heavy atom. The second-order valence-electron chi connectivity index (χ2n) is 7.06. The summed E-state index contributed by atoms with van der Waals surface area (Å²) in [5, 5.41) is 17.0. The molecule has 0 saturated carbocycles. The molecule has 0 unspecified atom stereocenters. The Balaban J connectivity index is 1.97. The van der Waals surface area contributed by atoms with Crippen LogP contribution in [0.4, 0.5) is 23.0 Å². The highest BCUT2D eigenvalue weighted by Gasteiger charge is 2.26. The minimum Gasteiger partial charge on any atom is -0.504 e. The van der Waals surface area contributed by atoms with Crippen molar-refractivity contribution in [2.75, 3.05) is 24.7 Å². The molecule has 2 aromatic carbocycles. The van der Waals surface area contributed by atoms with Crippen LogP contribution in [0.15, 0.2) is 35.2 Å². The van der Waals surface area contributed by atoms with E-state index in [1.54, 1.807) is 19.1 Å². The van der Waals surface area contributed by atoms with Crippen LogP contribution in [0.25, 0.3) is 0 Å². The first-order valence-corrected chi connectivity index (χ1v) is 11.5. The molecule has 3 N–H and O–H groups in total. The summed E-state index contributed by atoms with van der Waals surface area (Å²) in [5.74, 6) is 0.542. The number of nitrogens with one attached hydrogen (secondary N) is 2. The zero-order valence-corrected chi connectivity index (χ0v) is 19.1. The largest absolute Gasteiger partial charge is 0.504 e. The SMILES string of the molecule is CCc1c(C)cccc1Nc1nsnc1Nc1ccc(C)c(S(=O)(=O)N(C)C)c1O. The van der Waals surface area contributed by atoms with Crippen LogP contribution in [-0.2, 0) is 16.4 Å². The number of aryl methyl sites for hydroxylation is 2. The van der Waals surface area contributed by atoms with Crippen molar-refractivity contribution in [2.24, 2.45) is 0 Å². The molecule has 1 heterocycles. The van der Waals surface area contributed by atoms with Crippen LogP contribution in [0.3, 0.4) is 0 Å². The molecule has 10 heteroatoms. The number of anilines is 4. The Labute approximate surface area is 181 Å². The number of nitrogens with zero attached hydrogens (tertiary/aromatic N) is 3. The van der Waals surface area contributed by atoms with E-state index in [1.807, 2.05) is 12.1 Å². The van der Waals surface area contributed by atoms with Crippen LogP contribution in [0.5, 0.6) is 5.75 Å². The number of phenols is 1. The maximum absolute atomic E-state index is 12.6. The van der Waals surface area contributed by atoms with Crippen LogP contribution in [0.1, 0.15) is 23.6 Å². The quantitative estimate of drug-likeness (QED) is 0.467. The van der Waals surface area contributed by atoms with Crippen LogP contribution < -0.4 is 10.6 Å². The van der Waals surface area contributed by atoms with Gasteiger partial charge in [-0.25, -0.2) is 12.7 Å². The van der Waals surface area contributed by atoms with Crippen molar-refractivity contribution < 1.29 is 13.5 Å². The molecule has 0 amide bonds. The Kier molecular flexibility index (Phi) is 6.30. The molecule has 3 aromatic rings. The maximum atomic E-state index is 12.6. The molecule has 3 rings (SSSR count). The molecule has 8 nitrogen and oxygen atoms in total. The van der Waals surface area contributed by atoms with Gasteiger partial charge in [-0.05, 0) is 49.1 Å². The summed E-state index contributed by atoms with van der Waals surface area (Å²) in [7, 11) is -0.969. The van der Waals surface area contributed by atoms with E-state index in [4.69, 9.17) is 0 Å². The van der Waals surface area contributed by atoms with Gasteiger partial charge in [0.2, 0.25) is 10.0 Å². The first kappa shape index (κ1) is 22.0. The van der Waals surface area contributed by atoms with Crippen molar-refractivity contribution in [3.05, 3.63) is 47.0 Å². The van der Waals surface area contributed by atoms with Crippen molar-refractivity contribution in [1.29, 1.82) is 0 Å². The highest BCUT2D eigenvalue weighted by molar-refractivity contribution is 7.89. The third-order valence-corrected chi connectivity index (χ3v) is 7.35. The number of benzene rings is 2. The van der Waals surface area contributed by atoms with E-state index in [2.05, 4.69) is 39.3 Å². The Hall–Kier alpha value is -2.69.